The third-order valence-electron chi connectivity index (χ3n) is 4.48. The topological polar surface area (TPSA) is 90.0 Å². The molecule has 122 valence electrons. The van der Waals surface area contributed by atoms with Crippen molar-refractivity contribution in [3.63, 3.8) is 0 Å². The van der Waals surface area contributed by atoms with E-state index in [-0.39, 0.29) is 5.69 Å². The van der Waals surface area contributed by atoms with Gasteiger partial charge in [0.05, 0.1) is 12.1 Å². The van der Waals surface area contributed by atoms with E-state index < -0.39 is 29.9 Å². The Morgan fingerprint density at radius 1 is 1.32 bits per heavy atom. The van der Waals surface area contributed by atoms with Crippen LogP contribution < -0.4 is 10.6 Å². The van der Waals surface area contributed by atoms with E-state index in [2.05, 4.69) is 15.7 Å². The lowest BCUT2D eigenvalue weighted by Gasteiger charge is -2.35. The van der Waals surface area contributed by atoms with Gasteiger partial charge < -0.3 is 15.7 Å². The van der Waals surface area contributed by atoms with Crippen LogP contribution in [0, 0.1) is 11.8 Å². The summed E-state index contributed by atoms with van der Waals surface area (Å²) in [6.07, 6.45) is -4.07. The fraction of sp³-hybridized carbons (Fsp3) is 0.692. The average Bonchev–Trinajstić information content (AvgIpc) is 3.06. The Balaban J connectivity index is 1.65. The number of hydrogen-bond donors (Lipinski definition) is 4. The van der Waals surface area contributed by atoms with Crippen LogP contribution in [-0.2, 0) is 6.18 Å². The third kappa shape index (κ3) is 2.95. The van der Waals surface area contributed by atoms with E-state index in [1.807, 2.05) is 0 Å². The number of fused-ring (bicyclic) bond motifs is 1. The lowest BCUT2D eigenvalue weighted by molar-refractivity contribution is -0.141. The molecule has 1 aromatic heterocycles. The zero-order chi connectivity index (χ0) is 15.9. The third-order valence-corrected chi connectivity index (χ3v) is 4.48. The number of carbonyl (C=O) groups excluding carboxylic acids is 1. The van der Waals surface area contributed by atoms with Gasteiger partial charge in [-0.3, -0.25) is 9.89 Å². The Labute approximate surface area is 124 Å². The molecule has 0 radical (unpaired) electrons. The summed E-state index contributed by atoms with van der Waals surface area (Å²) in [7, 11) is 0. The van der Waals surface area contributed by atoms with Crippen molar-refractivity contribution in [2.75, 3.05) is 13.1 Å². The lowest BCUT2D eigenvalue weighted by Crippen LogP contribution is -2.49. The maximum Gasteiger partial charge on any atom is 0.432 e. The zero-order valence-corrected chi connectivity index (χ0v) is 11.7. The van der Waals surface area contributed by atoms with Gasteiger partial charge in [0.2, 0.25) is 0 Å². The van der Waals surface area contributed by atoms with Crippen LogP contribution in [0.5, 0.6) is 0 Å². The average molecular weight is 318 g/mol. The SMILES string of the molecule is O=C(N[C@H]1C[C@H]2CNC[C@H]2C[C@@H]1O)c1cc(C(F)(F)F)[nH]n1. The number of nitrogens with one attached hydrogen (secondary N) is 3. The largest absolute Gasteiger partial charge is 0.432 e. The van der Waals surface area contributed by atoms with Crippen molar-refractivity contribution in [2.24, 2.45) is 11.8 Å². The molecule has 4 atom stereocenters. The van der Waals surface area contributed by atoms with E-state index >= 15 is 0 Å². The van der Waals surface area contributed by atoms with Crippen molar-refractivity contribution in [3.8, 4) is 0 Å². The molecular weight excluding hydrogens is 301 g/mol. The second-order valence-electron chi connectivity index (χ2n) is 5.96. The summed E-state index contributed by atoms with van der Waals surface area (Å²) < 4.78 is 37.4. The van der Waals surface area contributed by atoms with Crippen molar-refractivity contribution in [1.29, 1.82) is 0 Å². The molecule has 1 amide bonds. The highest BCUT2D eigenvalue weighted by molar-refractivity contribution is 5.92. The Bertz CT molecular complexity index is 560. The van der Waals surface area contributed by atoms with E-state index in [9.17, 15) is 23.1 Å². The van der Waals surface area contributed by atoms with Crippen LogP contribution in [0.15, 0.2) is 6.07 Å². The van der Waals surface area contributed by atoms with Gasteiger partial charge >= 0.3 is 6.18 Å². The standard InChI is InChI=1S/C13H17F3N4O2/c14-13(15,16)11-3-9(19-20-11)12(22)18-8-1-6-4-17-5-7(6)2-10(8)21/h3,6-8,10,17,21H,1-2,4-5H2,(H,18,22)(H,19,20)/t6-,7+,8-,10-/m0/s1. The van der Waals surface area contributed by atoms with E-state index in [1.54, 1.807) is 5.10 Å². The molecule has 1 aliphatic carbocycles. The van der Waals surface area contributed by atoms with Crippen molar-refractivity contribution >= 4 is 5.91 Å². The molecule has 3 rings (SSSR count). The molecule has 22 heavy (non-hydrogen) atoms. The monoisotopic (exact) mass is 318 g/mol. The van der Waals surface area contributed by atoms with E-state index in [0.717, 1.165) is 13.1 Å². The number of nitrogens with zero attached hydrogens (tertiary/aromatic N) is 1. The molecule has 1 saturated carbocycles. The van der Waals surface area contributed by atoms with Gasteiger partial charge in [-0.15, -0.1) is 0 Å². The number of aromatic nitrogens is 2. The fourth-order valence-corrected chi connectivity index (χ4v) is 3.28. The quantitative estimate of drug-likeness (QED) is 0.640. The van der Waals surface area contributed by atoms with Crippen LogP contribution in [-0.4, -0.2) is 46.4 Å². The number of hydrogen-bond acceptors (Lipinski definition) is 4. The molecule has 9 heteroatoms. The number of aromatic amines is 1. The highest BCUT2D eigenvalue weighted by atomic mass is 19.4. The first-order valence-electron chi connectivity index (χ1n) is 7.17. The minimum Gasteiger partial charge on any atom is -0.391 e. The van der Waals surface area contributed by atoms with E-state index in [1.165, 1.54) is 0 Å². The number of halogens is 3. The summed E-state index contributed by atoms with van der Waals surface area (Å²) in [4.78, 5) is 12.0. The van der Waals surface area contributed by atoms with Crippen molar-refractivity contribution in [1.82, 2.24) is 20.8 Å². The molecule has 0 unspecified atom stereocenters. The molecule has 0 bridgehead atoms. The van der Waals surface area contributed by atoms with Crippen LogP contribution >= 0.6 is 0 Å². The minimum atomic E-state index is -4.57. The fourth-order valence-electron chi connectivity index (χ4n) is 3.28. The first-order chi connectivity index (χ1) is 10.3. The summed E-state index contributed by atoms with van der Waals surface area (Å²) in [5.41, 5.74) is -1.40. The number of H-pyrrole nitrogens is 1. The summed E-state index contributed by atoms with van der Waals surface area (Å²) in [5.74, 6) is 0.0594. The predicted molar refractivity (Wildman–Crippen MR) is 69.9 cm³/mol. The maximum absolute atomic E-state index is 12.5. The molecule has 1 aliphatic heterocycles. The number of amides is 1. The van der Waals surface area contributed by atoms with Crippen LogP contribution in [0.25, 0.3) is 0 Å². The second-order valence-corrected chi connectivity index (χ2v) is 5.96. The number of aliphatic hydroxyl groups is 1. The lowest BCUT2D eigenvalue weighted by atomic mass is 9.77. The van der Waals surface area contributed by atoms with Gasteiger partial charge in [0, 0.05) is 6.07 Å². The molecule has 2 fully saturated rings. The Kier molecular flexibility index (Phi) is 3.85. The van der Waals surface area contributed by atoms with Crippen LogP contribution in [0.2, 0.25) is 0 Å². The Morgan fingerprint density at radius 2 is 2.00 bits per heavy atom. The molecular formula is C13H17F3N4O2. The Morgan fingerprint density at radius 3 is 2.64 bits per heavy atom. The summed E-state index contributed by atoms with van der Waals surface area (Å²) >= 11 is 0. The minimum absolute atomic E-state index is 0.328. The number of aliphatic hydroxyl groups excluding tert-OH is 1. The summed E-state index contributed by atoms with van der Waals surface area (Å²) in [6.45, 7) is 1.70. The highest BCUT2D eigenvalue weighted by Crippen LogP contribution is 2.33. The van der Waals surface area contributed by atoms with Gasteiger partial charge in [-0.1, -0.05) is 0 Å². The van der Waals surface area contributed by atoms with Crippen LogP contribution in [0.4, 0.5) is 13.2 Å². The van der Waals surface area contributed by atoms with E-state index in [4.69, 9.17) is 0 Å². The van der Waals surface area contributed by atoms with Gasteiger partial charge in [-0.05, 0) is 37.8 Å². The van der Waals surface area contributed by atoms with Crippen LogP contribution in [0.1, 0.15) is 29.0 Å². The van der Waals surface area contributed by atoms with Gasteiger partial charge in [0.15, 0.2) is 5.69 Å². The molecule has 2 heterocycles. The predicted octanol–water partition coefficient (Wildman–Crippen LogP) is 0.517. The number of alkyl halides is 3. The smallest absolute Gasteiger partial charge is 0.391 e. The molecule has 1 aromatic rings. The summed E-state index contributed by atoms with van der Waals surface area (Å²) in [5, 5.41) is 21.1. The molecule has 0 spiro atoms. The van der Waals surface area contributed by atoms with E-state index in [0.29, 0.717) is 30.7 Å². The first-order valence-corrected chi connectivity index (χ1v) is 7.17. The molecule has 4 N–H and O–H groups in total. The van der Waals surface area contributed by atoms with Crippen LogP contribution in [0.3, 0.4) is 0 Å². The van der Waals surface area contributed by atoms with Gasteiger partial charge in [0.1, 0.15) is 5.69 Å². The van der Waals surface area contributed by atoms with Gasteiger partial charge in [-0.2, -0.15) is 18.3 Å². The second kappa shape index (κ2) is 5.54. The molecule has 6 nitrogen and oxygen atoms in total. The van der Waals surface area contributed by atoms with Crippen molar-refractivity contribution in [2.45, 2.75) is 31.2 Å². The van der Waals surface area contributed by atoms with Gasteiger partial charge in [-0.25, -0.2) is 0 Å². The number of rotatable bonds is 2. The maximum atomic E-state index is 12.5. The zero-order valence-electron chi connectivity index (χ0n) is 11.7. The van der Waals surface area contributed by atoms with Crippen molar-refractivity contribution in [3.05, 3.63) is 17.5 Å². The Hall–Kier alpha value is -1.61. The normalized spacial score (nSPS) is 31.8. The van der Waals surface area contributed by atoms with Gasteiger partial charge in [0.25, 0.3) is 5.91 Å². The number of carbonyl (C=O) groups is 1. The van der Waals surface area contributed by atoms with Crippen molar-refractivity contribution < 1.29 is 23.1 Å². The molecule has 0 aromatic carbocycles. The summed E-state index contributed by atoms with van der Waals surface area (Å²) in [6, 6.07) is 0.212. The highest BCUT2D eigenvalue weighted by Gasteiger charge is 2.40. The molecule has 2 aliphatic rings. The first kappa shape index (κ1) is 15.3. The molecule has 1 saturated heterocycles.